The van der Waals surface area contributed by atoms with Crippen LogP contribution in [0.4, 0.5) is 5.69 Å². The Balaban J connectivity index is 2.07. The van der Waals surface area contributed by atoms with Gasteiger partial charge in [0.25, 0.3) is 5.90 Å². The van der Waals surface area contributed by atoms with Crippen LogP contribution in [-0.2, 0) is 4.74 Å². The molecule has 0 aromatic heterocycles. The van der Waals surface area contributed by atoms with Gasteiger partial charge < -0.3 is 4.74 Å². The van der Waals surface area contributed by atoms with Gasteiger partial charge in [-0.1, -0.05) is 17.7 Å². The number of hydrogen-bond acceptors (Lipinski definition) is 5. The average Bonchev–Trinajstić information content (AvgIpc) is 3.03. The van der Waals surface area contributed by atoms with Gasteiger partial charge in [-0.3, -0.25) is 0 Å². The number of hydrogen-bond donors (Lipinski definition) is 0. The van der Waals surface area contributed by atoms with Crippen LogP contribution in [0.15, 0.2) is 39.5 Å². The Kier molecular flexibility index (Phi) is 2.88. The van der Waals surface area contributed by atoms with E-state index in [1.807, 2.05) is 44.2 Å². The molecular formula is C12H12N4O. The second kappa shape index (κ2) is 4.34. The molecule has 2 rings (SSSR count). The lowest BCUT2D eigenvalue weighted by atomic mass is 10.2. The predicted molar refractivity (Wildman–Crippen MR) is 63.1 cm³/mol. The second-order valence-electron chi connectivity index (χ2n) is 3.67. The van der Waals surface area contributed by atoms with Crippen molar-refractivity contribution in [3.63, 3.8) is 0 Å². The van der Waals surface area contributed by atoms with Crippen LogP contribution in [0.5, 0.6) is 0 Å². The summed E-state index contributed by atoms with van der Waals surface area (Å²) in [6, 6.07) is 9.53. The van der Waals surface area contributed by atoms with Gasteiger partial charge in [-0.05, 0) is 26.0 Å². The molecule has 0 saturated carbocycles. The van der Waals surface area contributed by atoms with E-state index in [1.54, 1.807) is 0 Å². The summed E-state index contributed by atoms with van der Waals surface area (Å²) in [5, 5.41) is 16.9. The van der Waals surface area contributed by atoms with E-state index < -0.39 is 5.66 Å². The molecule has 5 nitrogen and oxygen atoms in total. The van der Waals surface area contributed by atoms with Crippen LogP contribution >= 0.6 is 0 Å². The SMILES string of the molecule is CCOC1=NC1(C#N)N=Nc1ccc(C)cc1. The molecule has 0 N–H and O–H groups in total. The highest BCUT2D eigenvalue weighted by atomic mass is 16.5. The zero-order valence-corrected chi connectivity index (χ0v) is 9.71. The molecular weight excluding hydrogens is 216 g/mol. The van der Waals surface area contributed by atoms with Crippen LogP contribution in [0.3, 0.4) is 0 Å². The third-order valence-electron chi connectivity index (χ3n) is 2.29. The fourth-order valence-corrected chi connectivity index (χ4v) is 1.29. The summed E-state index contributed by atoms with van der Waals surface area (Å²) in [7, 11) is 0. The van der Waals surface area contributed by atoms with E-state index in [4.69, 9.17) is 10.00 Å². The molecule has 17 heavy (non-hydrogen) atoms. The molecule has 1 unspecified atom stereocenters. The minimum absolute atomic E-state index is 0.346. The smallest absolute Gasteiger partial charge is 0.334 e. The van der Waals surface area contributed by atoms with Gasteiger partial charge in [-0.2, -0.15) is 15.4 Å². The lowest BCUT2D eigenvalue weighted by Crippen LogP contribution is -2.14. The number of azo groups is 1. The molecule has 0 fully saturated rings. The maximum Gasteiger partial charge on any atom is 0.334 e. The van der Waals surface area contributed by atoms with E-state index in [9.17, 15) is 0 Å². The largest absolute Gasteiger partial charge is 0.477 e. The Bertz CT molecular complexity index is 512. The first-order chi connectivity index (χ1) is 8.20. The Morgan fingerprint density at radius 2 is 2.12 bits per heavy atom. The molecule has 0 radical (unpaired) electrons. The van der Waals surface area contributed by atoms with Crippen LogP contribution in [-0.4, -0.2) is 18.2 Å². The van der Waals surface area contributed by atoms with Crippen molar-refractivity contribution < 1.29 is 4.74 Å². The third kappa shape index (κ3) is 2.31. The Morgan fingerprint density at radius 1 is 1.41 bits per heavy atom. The summed E-state index contributed by atoms with van der Waals surface area (Å²) >= 11 is 0. The second-order valence-corrected chi connectivity index (χ2v) is 3.67. The molecule has 1 aliphatic rings. The quantitative estimate of drug-likeness (QED) is 0.746. The summed E-state index contributed by atoms with van der Waals surface area (Å²) < 4.78 is 5.14. The number of benzene rings is 1. The fraction of sp³-hybridized carbons (Fsp3) is 0.333. The number of aliphatic imine (C=N–C) groups is 1. The summed E-state index contributed by atoms with van der Waals surface area (Å²) in [6.07, 6.45) is 0. The van der Waals surface area contributed by atoms with Crippen molar-refractivity contribution in [2.75, 3.05) is 6.61 Å². The maximum atomic E-state index is 8.98. The standard InChI is InChI=1S/C12H12N4O/c1-3-17-11-12(8-13,14-11)16-15-10-6-4-9(2)5-7-10/h4-7H,3H2,1-2H3. The van der Waals surface area contributed by atoms with Crippen molar-refractivity contribution in [3.8, 4) is 6.07 Å². The number of ether oxygens (including phenoxy) is 1. The Morgan fingerprint density at radius 3 is 2.71 bits per heavy atom. The molecule has 1 aromatic rings. The Labute approximate surface area is 99.5 Å². The van der Waals surface area contributed by atoms with Crippen molar-refractivity contribution in [1.82, 2.24) is 0 Å². The van der Waals surface area contributed by atoms with Gasteiger partial charge in [-0.25, -0.2) is 0 Å². The van der Waals surface area contributed by atoms with Crippen molar-refractivity contribution in [2.24, 2.45) is 15.2 Å². The van der Waals surface area contributed by atoms with Crippen LogP contribution in [0.2, 0.25) is 0 Å². The van der Waals surface area contributed by atoms with Gasteiger partial charge in [0.05, 0.1) is 12.3 Å². The first kappa shape index (κ1) is 11.3. The highest BCUT2D eigenvalue weighted by Crippen LogP contribution is 2.31. The first-order valence-corrected chi connectivity index (χ1v) is 5.34. The van der Waals surface area contributed by atoms with Gasteiger partial charge in [0.1, 0.15) is 6.07 Å². The van der Waals surface area contributed by atoms with Gasteiger partial charge >= 0.3 is 5.66 Å². The normalized spacial score (nSPS) is 22.1. The van der Waals surface area contributed by atoms with E-state index in [0.717, 1.165) is 5.56 Å². The lowest BCUT2D eigenvalue weighted by molar-refractivity contribution is 0.329. The van der Waals surface area contributed by atoms with E-state index in [2.05, 4.69) is 15.2 Å². The van der Waals surface area contributed by atoms with Crippen LogP contribution in [0, 0.1) is 18.3 Å². The summed E-state index contributed by atoms with van der Waals surface area (Å²) in [5.41, 5.74) is 0.640. The molecule has 1 aromatic carbocycles. The van der Waals surface area contributed by atoms with Gasteiger partial charge in [0.15, 0.2) is 0 Å². The zero-order chi connectivity index (χ0) is 12.3. The van der Waals surface area contributed by atoms with E-state index >= 15 is 0 Å². The lowest BCUT2D eigenvalue weighted by Gasteiger charge is -1.98. The predicted octanol–water partition coefficient (Wildman–Crippen LogP) is 2.75. The zero-order valence-electron chi connectivity index (χ0n) is 9.71. The van der Waals surface area contributed by atoms with Crippen LogP contribution in [0.25, 0.3) is 0 Å². The average molecular weight is 228 g/mol. The fourth-order valence-electron chi connectivity index (χ4n) is 1.29. The number of rotatable bonds is 3. The highest BCUT2D eigenvalue weighted by Gasteiger charge is 2.52. The van der Waals surface area contributed by atoms with E-state index in [-0.39, 0.29) is 0 Å². The Hall–Kier alpha value is -2.22. The molecule has 0 spiro atoms. The summed E-state index contributed by atoms with van der Waals surface area (Å²) in [4.78, 5) is 3.90. The first-order valence-electron chi connectivity index (χ1n) is 5.34. The molecule has 1 atom stereocenters. The van der Waals surface area contributed by atoms with Crippen molar-refractivity contribution in [2.45, 2.75) is 19.5 Å². The minimum Gasteiger partial charge on any atom is -0.477 e. The summed E-state index contributed by atoms with van der Waals surface area (Å²) in [6.45, 7) is 4.30. The molecule has 1 heterocycles. The summed E-state index contributed by atoms with van der Waals surface area (Å²) in [5.74, 6) is 0.346. The molecule has 0 aliphatic carbocycles. The number of aryl methyl sites for hydroxylation is 1. The van der Waals surface area contributed by atoms with Crippen molar-refractivity contribution in [3.05, 3.63) is 29.8 Å². The van der Waals surface area contributed by atoms with Gasteiger partial charge in [0.2, 0.25) is 0 Å². The molecule has 0 amide bonds. The van der Waals surface area contributed by atoms with Crippen molar-refractivity contribution >= 4 is 11.6 Å². The monoisotopic (exact) mass is 228 g/mol. The maximum absolute atomic E-state index is 8.98. The number of nitrogens with zero attached hydrogens (tertiary/aromatic N) is 4. The van der Waals surface area contributed by atoms with Crippen LogP contribution < -0.4 is 0 Å². The molecule has 86 valence electrons. The molecule has 5 heteroatoms. The highest BCUT2D eigenvalue weighted by molar-refractivity contribution is 6.01. The molecule has 1 aliphatic heterocycles. The minimum atomic E-state index is -1.21. The van der Waals surface area contributed by atoms with Crippen molar-refractivity contribution in [1.29, 1.82) is 5.26 Å². The molecule has 0 bridgehead atoms. The van der Waals surface area contributed by atoms with Crippen LogP contribution in [0.1, 0.15) is 12.5 Å². The third-order valence-corrected chi connectivity index (χ3v) is 2.29. The van der Waals surface area contributed by atoms with E-state index in [1.165, 1.54) is 0 Å². The number of nitriles is 1. The van der Waals surface area contributed by atoms with Gasteiger partial charge in [-0.15, -0.1) is 5.11 Å². The topological polar surface area (TPSA) is 70.1 Å². The molecule has 0 saturated heterocycles. The van der Waals surface area contributed by atoms with Gasteiger partial charge in [0, 0.05) is 0 Å². The van der Waals surface area contributed by atoms with E-state index in [0.29, 0.717) is 18.2 Å².